The van der Waals surface area contributed by atoms with E-state index in [0.29, 0.717) is 39.7 Å². The van der Waals surface area contributed by atoms with Crippen LogP contribution in [0.3, 0.4) is 0 Å². The molecule has 1 aromatic heterocycles. The summed E-state index contributed by atoms with van der Waals surface area (Å²) in [7, 11) is 6.08. The minimum Gasteiger partial charge on any atom is -0.507 e. The van der Waals surface area contributed by atoms with Crippen molar-refractivity contribution in [1.82, 2.24) is 0 Å². The Morgan fingerprint density at radius 1 is 0.865 bits per heavy atom. The lowest BCUT2D eigenvalue weighted by Gasteiger charge is -2.27. The zero-order valence-electron chi connectivity index (χ0n) is 20.6. The summed E-state index contributed by atoms with van der Waals surface area (Å²) in [5, 5.41) is 10.8. The number of ether oxygens (including phenoxy) is 5. The van der Waals surface area contributed by atoms with E-state index in [0.717, 1.165) is 0 Å². The summed E-state index contributed by atoms with van der Waals surface area (Å²) in [5.74, 6) is 0.732. The van der Waals surface area contributed by atoms with Crippen LogP contribution in [0.5, 0.6) is 34.5 Å². The quantitative estimate of drug-likeness (QED) is 0.296. The molecular formula is C28H24O9. The van der Waals surface area contributed by atoms with E-state index in [9.17, 15) is 14.7 Å². The molecule has 3 aromatic carbocycles. The molecule has 9 nitrogen and oxygen atoms in total. The first-order valence-corrected chi connectivity index (χ1v) is 11.4. The van der Waals surface area contributed by atoms with Crippen molar-refractivity contribution in [2.75, 3.05) is 28.4 Å². The summed E-state index contributed by atoms with van der Waals surface area (Å²) in [6.45, 7) is 0. The SMILES string of the molecule is COc1ccc(C2CC(=O)Oc3cc(O)c4c(=O)c(-c5ccc(OC)c(OC)c5)coc4c32)c(OC)c1. The van der Waals surface area contributed by atoms with Crippen molar-refractivity contribution >= 4 is 16.9 Å². The van der Waals surface area contributed by atoms with Gasteiger partial charge in [-0.1, -0.05) is 12.1 Å². The van der Waals surface area contributed by atoms with Crippen LogP contribution in [0.2, 0.25) is 0 Å². The molecule has 1 aliphatic heterocycles. The molecule has 0 saturated carbocycles. The Balaban J connectivity index is 1.74. The van der Waals surface area contributed by atoms with Gasteiger partial charge in [0.05, 0.1) is 40.4 Å². The normalized spacial score (nSPS) is 14.6. The molecular weight excluding hydrogens is 480 g/mol. The monoisotopic (exact) mass is 504 g/mol. The zero-order valence-corrected chi connectivity index (χ0v) is 20.6. The van der Waals surface area contributed by atoms with Gasteiger partial charge in [0.25, 0.3) is 0 Å². The summed E-state index contributed by atoms with van der Waals surface area (Å²) >= 11 is 0. The molecule has 0 saturated heterocycles. The molecule has 0 bridgehead atoms. The van der Waals surface area contributed by atoms with Crippen LogP contribution in [-0.4, -0.2) is 39.5 Å². The topological polar surface area (TPSA) is 114 Å². The third-order valence-electron chi connectivity index (χ3n) is 6.48. The fraction of sp³-hybridized carbons (Fsp3) is 0.214. The molecule has 9 heteroatoms. The van der Waals surface area contributed by atoms with E-state index in [-0.39, 0.29) is 34.5 Å². The van der Waals surface area contributed by atoms with Gasteiger partial charge in [0.15, 0.2) is 11.5 Å². The van der Waals surface area contributed by atoms with Gasteiger partial charge in [-0.15, -0.1) is 0 Å². The van der Waals surface area contributed by atoms with Gasteiger partial charge >= 0.3 is 5.97 Å². The molecule has 0 fully saturated rings. The number of carbonyl (C=O) groups is 1. The van der Waals surface area contributed by atoms with Crippen LogP contribution < -0.4 is 29.1 Å². The molecule has 4 aromatic rings. The van der Waals surface area contributed by atoms with Crippen molar-refractivity contribution in [3.63, 3.8) is 0 Å². The van der Waals surface area contributed by atoms with Crippen molar-refractivity contribution in [1.29, 1.82) is 0 Å². The third-order valence-corrected chi connectivity index (χ3v) is 6.48. The number of hydrogen-bond donors (Lipinski definition) is 1. The molecule has 1 atom stereocenters. The van der Waals surface area contributed by atoms with Gasteiger partial charge in [0.1, 0.15) is 40.2 Å². The van der Waals surface area contributed by atoms with Crippen molar-refractivity contribution in [2.45, 2.75) is 12.3 Å². The molecule has 0 amide bonds. The highest BCUT2D eigenvalue weighted by Crippen LogP contribution is 2.48. The molecule has 0 aliphatic carbocycles. The van der Waals surface area contributed by atoms with Crippen molar-refractivity contribution in [3.05, 3.63) is 70.1 Å². The predicted octanol–water partition coefficient (Wildman–Crippen LogP) is 4.64. The number of methoxy groups -OCH3 is 4. The second-order valence-electron chi connectivity index (χ2n) is 8.40. The summed E-state index contributed by atoms with van der Waals surface area (Å²) in [6, 6.07) is 11.6. The van der Waals surface area contributed by atoms with Gasteiger partial charge in [-0.25, -0.2) is 0 Å². The fourth-order valence-corrected chi connectivity index (χ4v) is 4.71. The van der Waals surface area contributed by atoms with Crippen LogP contribution in [0.15, 0.2) is 57.9 Å². The Morgan fingerprint density at radius 2 is 1.62 bits per heavy atom. The highest BCUT2D eigenvalue weighted by Gasteiger charge is 2.35. The maximum absolute atomic E-state index is 13.7. The summed E-state index contributed by atoms with van der Waals surface area (Å²) < 4.78 is 33.0. The molecule has 190 valence electrons. The Bertz CT molecular complexity index is 1590. The van der Waals surface area contributed by atoms with E-state index in [1.807, 2.05) is 0 Å². The zero-order chi connectivity index (χ0) is 26.3. The number of fused-ring (bicyclic) bond motifs is 3. The van der Waals surface area contributed by atoms with E-state index < -0.39 is 17.3 Å². The Labute approximate surface area is 211 Å². The third kappa shape index (κ3) is 3.98. The molecule has 1 N–H and O–H groups in total. The van der Waals surface area contributed by atoms with Gasteiger partial charge in [0.2, 0.25) is 5.43 Å². The number of rotatable bonds is 6. The fourth-order valence-electron chi connectivity index (χ4n) is 4.71. The molecule has 37 heavy (non-hydrogen) atoms. The second-order valence-corrected chi connectivity index (χ2v) is 8.40. The van der Waals surface area contributed by atoms with E-state index >= 15 is 0 Å². The maximum Gasteiger partial charge on any atom is 0.312 e. The second kappa shape index (κ2) is 9.42. The van der Waals surface area contributed by atoms with Crippen molar-refractivity contribution in [3.8, 4) is 45.6 Å². The minimum atomic E-state index is -0.560. The van der Waals surface area contributed by atoms with Gasteiger partial charge < -0.3 is 33.2 Å². The van der Waals surface area contributed by atoms with E-state index in [1.165, 1.54) is 33.7 Å². The maximum atomic E-state index is 13.7. The Morgan fingerprint density at radius 3 is 2.32 bits per heavy atom. The van der Waals surface area contributed by atoms with E-state index in [4.69, 9.17) is 28.1 Å². The number of benzene rings is 3. The number of hydrogen-bond acceptors (Lipinski definition) is 9. The van der Waals surface area contributed by atoms with Crippen LogP contribution in [0.1, 0.15) is 23.5 Å². The lowest BCUT2D eigenvalue weighted by molar-refractivity contribution is -0.135. The number of phenols is 1. The van der Waals surface area contributed by atoms with Gasteiger partial charge in [-0.3, -0.25) is 9.59 Å². The average molecular weight is 504 g/mol. The molecule has 5 rings (SSSR count). The van der Waals surface area contributed by atoms with Crippen LogP contribution in [0.4, 0.5) is 0 Å². The first-order valence-electron chi connectivity index (χ1n) is 11.4. The number of carbonyl (C=O) groups excluding carboxylic acids is 1. The van der Waals surface area contributed by atoms with Crippen molar-refractivity contribution < 1.29 is 38.0 Å². The van der Waals surface area contributed by atoms with Crippen LogP contribution >= 0.6 is 0 Å². The highest BCUT2D eigenvalue weighted by molar-refractivity contribution is 5.94. The number of aromatic hydroxyl groups is 1. The Kier molecular flexibility index (Phi) is 6.12. The molecule has 0 radical (unpaired) electrons. The smallest absolute Gasteiger partial charge is 0.312 e. The first kappa shape index (κ1) is 24.1. The standard InChI is InChI=1S/C28H24O9/c1-32-15-6-7-16(21(10-15)34-3)17-11-24(30)37-23-12-19(29)26-27(31)18(13-36-28(26)25(17)23)14-5-8-20(33-2)22(9-14)35-4/h5-10,12-13,17,29H,11H2,1-4H3. The van der Waals surface area contributed by atoms with Crippen LogP contribution in [0.25, 0.3) is 22.1 Å². The molecule has 1 unspecified atom stereocenters. The lowest BCUT2D eigenvalue weighted by atomic mass is 9.84. The van der Waals surface area contributed by atoms with E-state index in [1.54, 1.807) is 43.5 Å². The summed E-state index contributed by atoms with van der Waals surface area (Å²) in [5.41, 5.74) is 1.55. The lowest BCUT2D eigenvalue weighted by Crippen LogP contribution is -2.22. The molecule has 0 spiro atoms. The summed E-state index contributed by atoms with van der Waals surface area (Å²) in [4.78, 5) is 26.2. The summed E-state index contributed by atoms with van der Waals surface area (Å²) in [6.07, 6.45) is 1.31. The van der Waals surface area contributed by atoms with Crippen LogP contribution in [0, 0.1) is 0 Å². The largest absolute Gasteiger partial charge is 0.507 e. The highest BCUT2D eigenvalue weighted by atomic mass is 16.5. The van der Waals surface area contributed by atoms with Gasteiger partial charge in [-0.05, 0) is 23.8 Å². The first-order chi connectivity index (χ1) is 17.9. The minimum absolute atomic E-state index is 0.0172. The van der Waals surface area contributed by atoms with Crippen LogP contribution in [-0.2, 0) is 4.79 Å². The van der Waals surface area contributed by atoms with E-state index in [2.05, 4.69) is 0 Å². The number of esters is 1. The average Bonchev–Trinajstić information content (AvgIpc) is 2.91. The van der Waals surface area contributed by atoms with Crippen molar-refractivity contribution in [2.24, 2.45) is 0 Å². The van der Waals surface area contributed by atoms with Gasteiger partial charge in [0, 0.05) is 29.2 Å². The predicted molar refractivity (Wildman–Crippen MR) is 134 cm³/mol. The van der Waals surface area contributed by atoms with Gasteiger partial charge in [-0.2, -0.15) is 0 Å². The molecule has 1 aliphatic rings. The molecule has 2 heterocycles. The number of phenolic OH excluding ortho intramolecular Hbond substituents is 1. The Hall–Kier alpha value is -4.66.